The van der Waals surface area contributed by atoms with Gasteiger partial charge in [-0.1, -0.05) is 50.0 Å². The Labute approximate surface area is 183 Å². The summed E-state index contributed by atoms with van der Waals surface area (Å²) in [4.78, 5) is 12.8. The SMILES string of the molecule is CC=CC(=O)OCCCCCCCCc1cc(C)c(O)c(-n2nc3ccccc3n2)c1. The summed E-state index contributed by atoms with van der Waals surface area (Å²) in [5.74, 6) is -0.0383. The molecule has 0 saturated carbocycles. The Morgan fingerprint density at radius 3 is 2.35 bits per heavy atom. The summed E-state index contributed by atoms with van der Waals surface area (Å²) < 4.78 is 5.10. The summed E-state index contributed by atoms with van der Waals surface area (Å²) in [5.41, 5.74) is 4.26. The molecule has 0 unspecified atom stereocenters. The number of benzene rings is 2. The number of rotatable bonds is 11. The maximum absolute atomic E-state index is 11.2. The van der Waals surface area contributed by atoms with Gasteiger partial charge in [0.1, 0.15) is 22.5 Å². The second-order valence-electron chi connectivity index (χ2n) is 7.80. The van der Waals surface area contributed by atoms with Crippen molar-refractivity contribution < 1.29 is 14.6 Å². The van der Waals surface area contributed by atoms with E-state index in [-0.39, 0.29) is 11.7 Å². The van der Waals surface area contributed by atoms with Gasteiger partial charge in [-0.15, -0.1) is 15.0 Å². The third kappa shape index (κ3) is 6.41. The van der Waals surface area contributed by atoms with Crippen LogP contribution >= 0.6 is 0 Å². The number of hydrogen-bond donors (Lipinski definition) is 1. The summed E-state index contributed by atoms with van der Waals surface area (Å²) in [6, 6.07) is 11.7. The molecular weight excluding hydrogens is 390 g/mol. The normalized spacial score (nSPS) is 11.4. The number of carbonyl (C=O) groups is 1. The summed E-state index contributed by atoms with van der Waals surface area (Å²) in [6.45, 7) is 4.21. The number of aryl methyl sites for hydroxylation is 2. The van der Waals surface area contributed by atoms with Crippen molar-refractivity contribution in [1.29, 1.82) is 0 Å². The highest BCUT2D eigenvalue weighted by molar-refractivity contribution is 5.81. The molecule has 0 aliphatic rings. The van der Waals surface area contributed by atoms with Crippen molar-refractivity contribution in [2.45, 2.75) is 58.8 Å². The van der Waals surface area contributed by atoms with Crippen LogP contribution in [-0.4, -0.2) is 32.7 Å². The number of phenolic OH excluding ortho intramolecular Hbond substituents is 1. The van der Waals surface area contributed by atoms with E-state index in [1.54, 1.807) is 13.0 Å². The maximum atomic E-state index is 11.2. The minimum Gasteiger partial charge on any atom is -0.505 e. The predicted molar refractivity (Wildman–Crippen MR) is 122 cm³/mol. The topological polar surface area (TPSA) is 77.2 Å². The molecule has 3 rings (SSSR count). The van der Waals surface area contributed by atoms with Crippen LogP contribution in [0.2, 0.25) is 0 Å². The van der Waals surface area contributed by atoms with Gasteiger partial charge in [-0.05, 0) is 62.4 Å². The van der Waals surface area contributed by atoms with Gasteiger partial charge in [0.15, 0.2) is 0 Å². The van der Waals surface area contributed by atoms with Crippen LogP contribution in [0, 0.1) is 6.92 Å². The molecule has 0 fully saturated rings. The van der Waals surface area contributed by atoms with E-state index >= 15 is 0 Å². The Morgan fingerprint density at radius 2 is 1.68 bits per heavy atom. The Morgan fingerprint density at radius 1 is 1.03 bits per heavy atom. The fourth-order valence-electron chi connectivity index (χ4n) is 3.59. The molecule has 0 saturated heterocycles. The third-order valence-electron chi connectivity index (χ3n) is 5.25. The number of esters is 1. The molecule has 3 aromatic rings. The number of aromatic hydroxyl groups is 1. The van der Waals surface area contributed by atoms with Crippen LogP contribution < -0.4 is 0 Å². The Kier molecular flexibility index (Phi) is 8.21. The first-order valence-electron chi connectivity index (χ1n) is 11.0. The Bertz CT molecular complexity index is 1010. The maximum Gasteiger partial charge on any atom is 0.330 e. The van der Waals surface area contributed by atoms with Crippen LogP contribution in [-0.2, 0) is 16.0 Å². The van der Waals surface area contributed by atoms with E-state index in [1.807, 2.05) is 43.3 Å². The number of aromatic nitrogens is 3. The van der Waals surface area contributed by atoms with Crippen molar-refractivity contribution in [2.75, 3.05) is 6.61 Å². The average molecular weight is 422 g/mol. The Balaban J connectivity index is 1.45. The van der Waals surface area contributed by atoms with Gasteiger partial charge in [0.25, 0.3) is 0 Å². The van der Waals surface area contributed by atoms with Crippen LogP contribution in [0.3, 0.4) is 0 Å². The molecule has 0 radical (unpaired) electrons. The lowest BCUT2D eigenvalue weighted by atomic mass is 10.0. The van der Waals surface area contributed by atoms with E-state index < -0.39 is 0 Å². The van der Waals surface area contributed by atoms with Crippen LogP contribution in [0.4, 0.5) is 0 Å². The summed E-state index contributed by atoms with van der Waals surface area (Å²) in [5, 5.41) is 19.5. The van der Waals surface area contributed by atoms with Gasteiger partial charge in [0.2, 0.25) is 0 Å². The summed E-state index contributed by atoms with van der Waals surface area (Å²) in [6.07, 6.45) is 10.6. The number of hydrogen-bond acceptors (Lipinski definition) is 5. The van der Waals surface area contributed by atoms with Crippen LogP contribution in [0.15, 0.2) is 48.6 Å². The van der Waals surface area contributed by atoms with Crippen LogP contribution in [0.25, 0.3) is 16.7 Å². The fourth-order valence-corrected chi connectivity index (χ4v) is 3.59. The fraction of sp³-hybridized carbons (Fsp3) is 0.400. The van der Waals surface area contributed by atoms with Crippen LogP contribution in [0.1, 0.15) is 56.6 Å². The standard InChI is InChI=1S/C25H31N3O3/c1-3-12-24(29)31-16-11-7-5-4-6-8-13-20-17-19(2)25(30)23(18-20)28-26-21-14-9-10-15-22(21)27-28/h3,9-10,12,14-15,17-18,30H,4-8,11,13,16H2,1-2H3. The lowest BCUT2D eigenvalue weighted by Crippen LogP contribution is -2.02. The molecule has 2 aromatic carbocycles. The van der Waals surface area contributed by atoms with Gasteiger partial charge in [-0.3, -0.25) is 0 Å². The van der Waals surface area contributed by atoms with Crippen molar-refractivity contribution in [3.63, 3.8) is 0 Å². The number of unbranched alkanes of at least 4 members (excludes halogenated alkanes) is 5. The first-order valence-corrected chi connectivity index (χ1v) is 11.0. The molecular formula is C25H31N3O3. The van der Waals surface area contributed by atoms with Gasteiger partial charge in [0, 0.05) is 6.08 Å². The van der Waals surface area contributed by atoms with E-state index in [0.29, 0.717) is 12.3 Å². The van der Waals surface area contributed by atoms with Gasteiger partial charge in [-0.25, -0.2) is 4.79 Å². The van der Waals surface area contributed by atoms with E-state index in [2.05, 4.69) is 10.2 Å². The molecule has 0 aliphatic heterocycles. The average Bonchev–Trinajstić information content (AvgIpc) is 3.19. The second-order valence-corrected chi connectivity index (χ2v) is 7.80. The number of fused-ring (bicyclic) bond motifs is 1. The number of allylic oxidation sites excluding steroid dienone is 1. The molecule has 0 aliphatic carbocycles. The zero-order chi connectivity index (χ0) is 22.1. The quantitative estimate of drug-likeness (QED) is 0.253. The molecule has 0 bridgehead atoms. The lowest BCUT2D eigenvalue weighted by Gasteiger charge is -2.10. The molecule has 6 heteroatoms. The minimum atomic E-state index is -0.260. The van der Waals surface area contributed by atoms with E-state index in [1.165, 1.54) is 22.9 Å². The molecule has 1 N–H and O–H groups in total. The van der Waals surface area contributed by atoms with Gasteiger partial charge in [0.05, 0.1) is 6.61 Å². The first kappa shape index (κ1) is 22.5. The number of nitrogens with zero attached hydrogens (tertiary/aromatic N) is 3. The zero-order valence-electron chi connectivity index (χ0n) is 18.4. The largest absolute Gasteiger partial charge is 0.505 e. The molecule has 31 heavy (non-hydrogen) atoms. The second kappa shape index (κ2) is 11.3. The highest BCUT2D eigenvalue weighted by Crippen LogP contribution is 2.28. The highest BCUT2D eigenvalue weighted by Gasteiger charge is 2.12. The lowest BCUT2D eigenvalue weighted by molar-refractivity contribution is -0.137. The minimum absolute atomic E-state index is 0.221. The van der Waals surface area contributed by atoms with Crippen molar-refractivity contribution in [3.05, 3.63) is 59.7 Å². The van der Waals surface area contributed by atoms with Crippen molar-refractivity contribution in [3.8, 4) is 11.4 Å². The molecule has 0 spiro atoms. The van der Waals surface area contributed by atoms with Crippen LogP contribution in [0.5, 0.6) is 5.75 Å². The molecule has 6 nitrogen and oxygen atoms in total. The van der Waals surface area contributed by atoms with Crippen molar-refractivity contribution >= 4 is 17.0 Å². The summed E-state index contributed by atoms with van der Waals surface area (Å²) in [7, 11) is 0. The van der Waals surface area contributed by atoms with E-state index in [4.69, 9.17) is 4.74 Å². The van der Waals surface area contributed by atoms with Crippen molar-refractivity contribution in [2.24, 2.45) is 0 Å². The molecule has 0 atom stereocenters. The highest BCUT2D eigenvalue weighted by atomic mass is 16.5. The smallest absolute Gasteiger partial charge is 0.330 e. The Hall–Kier alpha value is -3.15. The van der Waals surface area contributed by atoms with Gasteiger partial charge >= 0.3 is 5.97 Å². The van der Waals surface area contributed by atoms with Gasteiger partial charge < -0.3 is 9.84 Å². The summed E-state index contributed by atoms with van der Waals surface area (Å²) >= 11 is 0. The number of carbonyl (C=O) groups excluding carboxylic acids is 1. The monoisotopic (exact) mass is 421 g/mol. The predicted octanol–water partition coefficient (Wildman–Crippen LogP) is 5.44. The number of ether oxygens (including phenoxy) is 1. The third-order valence-corrected chi connectivity index (χ3v) is 5.25. The van der Waals surface area contributed by atoms with E-state index in [0.717, 1.165) is 55.1 Å². The number of phenols is 1. The van der Waals surface area contributed by atoms with Gasteiger partial charge in [-0.2, -0.15) is 0 Å². The zero-order valence-corrected chi connectivity index (χ0v) is 18.4. The first-order chi connectivity index (χ1) is 15.1. The molecule has 0 amide bonds. The molecule has 164 valence electrons. The van der Waals surface area contributed by atoms with E-state index in [9.17, 15) is 9.90 Å². The molecule has 1 heterocycles. The molecule has 1 aromatic heterocycles. The van der Waals surface area contributed by atoms with Crippen molar-refractivity contribution in [1.82, 2.24) is 15.0 Å².